The Morgan fingerprint density at radius 2 is 1.68 bits per heavy atom. The number of nitrogens with one attached hydrogen (secondary N) is 2. The molecule has 1 aliphatic heterocycles. The zero-order valence-electron chi connectivity index (χ0n) is 28.4. The largest absolute Gasteiger partial charge is 0.497 e. The zero-order chi connectivity index (χ0) is 33.6. The van der Waals surface area contributed by atoms with Crippen molar-refractivity contribution in [1.29, 1.82) is 0 Å². The minimum Gasteiger partial charge on any atom is -0.497 e. The number of unbranched alkanes of at least 4 members (excludes halogenated alkanes) is 1. The van der Waals surface area contributed by atoms with Gasteiger partial charge in [0, 0.05) is 51.9 Å². The first-order valence-corrected chi connectivity index (χ1v) is 17.2. The Morgan fingerprint density at radius 3 is 2.34 bits per heavy atom. The van der Waals surface area contributed by atoms with E-state index in [0.717, 1.165) is 49.7 Å². The molecule has 2 amide bonds. The first-order chi connectivity index (χ1) is 22.8. The third kappa shape index (κ3) is 10.4. The second-order valence-electron chi connectivity index (χ2n) is 13.2. The number of carbonyl (C=O) groups excluding carboxylic acids is 2. The molecule has 4 rings (SSSR count). The Labute approximate surface area is 280 Å². The lowest BCUT2D eigenvalue weighted by Crippen LogP contribution is -2.52. The van der Waals surface area contributed by atoms with Gasteiger partial charge in [0.2, 0.25) is 0 Å². The summed E-state index contributed by atoms with van der Waals surface area (Å²) in [4.78, 5) is 28.5. The van der Waals surface area contributed by atoms with Crippen LogP contribution in [0, 0.1) is 11.8 Å². The van der Waals surface area contributed by atoms with Crippen molar-refractivity contribution in [1.82, 2.24) is 15.5 Å². The van der Waals surface area contributed by atoms with Crippen molar-refractivity contribution >= 4 is 11.8 Å². The molecular weight excluding hydrogens is 598 g/mol. The van der Waals surface area contributed by atoms with Crippen LogP contribution in [-0.4, -0.2) is 86.6 Å². The molecular formula is C37H55N3O7. The van der Waals surface area contributed by atoms with Gasteiger partial charge in [-0.1, -0.05) is 62.4 Å². The van der Waals surface area contributed by atoms with E-state index in [0.29, 0.717) is 62.9 Å². The minimum absolute atomic E-state index is 0.202. The van der Waals surface area contributed by atoms with Crippen LogP contribution in [0.5, 0.6) is 11.5 Å². The highest BCUT2D eigenvalue weighted by Gasteiger charge is 2.44. The van der Waals surface area contributed by atoms with Crippen LogP contribution in [-0.2, 0) is 26.5 Å². The van der Waals surface area contributed by atoms with Gasteiger partial charge in [0.1, 0.15) is 11.5 Å². The first kappa shape index (κ1) is 36.7. The highest BCUT2D eigenvalue weighted by Crippen LogP contribution is 2.40. The van der Waals surface area contributed by atoms with Crippen LogP contribution in [0.3, 0.4) is 0 Å². The maximum Gasteiger partial charge on any atom is 0.311 e. The number of aliphatic hydroxyl groups is 2. The van der Waals surface area contributed by atoms with Crippen LogP contribution in [0.4, 0.5) is 0 Å². The number of carbonyl (C=O) groups is 2. The van der Waals surface area contributed by atoms with Crippen LogP contribution in [0.15, 0.2) is 48.5 Å². The Bertz CT molecular complexity index is 1230. The van der Waals surface area contributed by atoms with Crippen LogP contribution in [0.1, 0.15) is 75.3 Å². The number of methoxy groups -OCH3 is 3. The van der Waals surface area contributed by atoms with Gasteiger partial charge in [-0.2, -0.15) is 0 Å². The molecule has 4 atom stereocenters. The fourth-order valence-electron chi connectivity index (χ4n) is 7.23. The van der Waals surface area contributed by atoms with Gasteiger partial charge in [0.15, 0.2) is 0 Å². The predicted molar refractivity (Wildman–Crippen MR) is 181 cm³/mol. The van der Waals surface area contributed by atoms with Gasteiger partial charge in [-0.3, -0.25) is 9.59 Å². The van der Waals surface area contributed by atoms with Crippen LogP contribution >= 0.6 is 0 Å². The van der Waals surface area contributed by atoms with Gasteiger partial charge < -0.3 is 40.0 Å². The molecule has 2 fully saturated rings. The van der Waals surface area contributed by atoms with Crippen LogP contribution < -0.4 is 20.1 Å². The van der Waals surface area contributed by atoms with Crippen molar-refractivity contribution < 1.29 is 34.0 Å². The minimum atomic E-state index is -1.11. The Morgan fingerprint density at radius 1 is 0.979 bits per heavy atom. The zero-order valence-corrected chi connectivity index (χ0v) is 28.4. The predicted octanol–water partition coefficient (Wildman–Crippen LogP) is 4.16. The second kappa shape index (κ2) is 18.4. The summed E-state index contributed by atoms with van der Waals surface area (Å²) in [6.45, 7) is 2.03. The molecule has 0 bridgehead atoms. The van der Waals surface area contributed by atoms with Crippen LogP contribution in [0.25, 0.3) is 0 Å². The molecule has 260 valence electrons. The first-order valence-electron chi connectivity index (χ1n) is 17.2. The number of amides is 2. The summed E-state index contributed by atoms with van der Waals surface area (Å²) in [6.07, 6.45) is 8.09. The summed E-state index contributed by atoms with van der Waals surface area (Å²) in [5, 5.41) is 29.5. The lowest BCUT2D eigenvalue weighted by molar-refractivity contribution is -0.146. The Kier molecular flexibility index (Phi) is 14.3. The topological polar surface area (TPSA) is 130 Å². The fraction of sp³-hybridized carbons (Fsp3) is 0.622. The second-order valence-corrected chi connectivity index (χ2v) is 13.2. The standard InChI is InChI=1S/C37H55N3O7/c1-45-19-11-10-17-37(44,29-14-8-5-9-15-29)30-16-18-40(26-30)36(43)35(42)39-33(22-27-12-6-4-7-13-27)34(41)25-38-24-28-20-31(46-2)23-32(21-28)47-3/h5,8-9,14-15,20-21,23,27,30,33-34,38,41,44H,4,6-7,10-13,16-19,22,24-26H2,1-3H3,(H,39,42)/t30?,33-,34+,37+/m0/s1. The average molecular weight is 654 g/mol. The molecule has 2 aliphatic rings. The summed E-state index contributed by atoms with van der Waals surface area (Å²) in [7, 11) is 4.88. The molecule has 2 aromatic rings. The van der Waals surface area contributed by atoms with E-state index in [1.54, 1.807) is 32.3 Å². The van der Waals surface area contributed by atoms with Crippen molar-refractivity contribution in [3.63, 3.8) is 0 Å². The van der Waals surface area contributed by atoms with E-state index >= 15 is 0 Å². The maximum atomic E-state index is 13.5. The quantitative estimate of drug-likeness (QED) is 0.148. The molecule has 1 saturated carbocycles. The van der Waals surface area contributed by atoms with E-state index in [1.807, 2.05) is 42.5 Å². The normalized spacial score (nSPS) is 19.5. The number of rotatable bonds is 17. The molecule has 10 heteroatoms. The smallest absolute Gasteiger partial charge is 0.311 e. The lowest BCUT2D eigenvalue weighted by atomic mass is 9.77. The summed E-state index contributed by atoms with van der Waals surface area (Å²) >= 11 is 0. The fourth-order valence-corrected chi connectivity index (χ4v) is 7.23. The third-order valence-electron chi connectivity index (χ3n) is 9.96. The van der Waals surface area contributed by atoms with Crippen LogP contribution in [0.2, 0.25) is 0 Å². The molecule has 47 heavy (non-hydrogen) atoms. The maximum absolute atomic E-state index is 13.5. The molecule has 0 radical (unpaired) electrons. The molecule has 1 unspecified atom stereocenters. The number of benzene rings is 2. The number of ether oxygens (including phenoxy) is 3. The van der Waals surface area contributed by atoms with E-state index < -0.39 is 29.6 Å². The average Bonchev–Trinajstić information content (AvgIpc) is 3.61. The summed E-state index contributed by atoms with van der Waals surface area (Å²) in [5.74, 6) is 0.232. The Balaban J connectivity index is 1.39. The van der Waals surface area contributed by atoms with Gasteiger partial charge in [-0.05, 0) is 61.3 Å². The van der Waals surface area contributed by atoms with E-state index in [9.17, 15) is 19.8 Å². The molecule has 2 aromatic carbocycles. The summed E-state index contributed by atoms with van der Waals surface area (Å²) in [5.41, 5.74) is 0.657. The number of likely N-dealkylation sites (tertiary alicyclic amines) is 1. The van der Waals surface area contributed by atoms with Crippen molar-refractivity contribution in [2.75, 3.05) is 47.6 Å². The van der Waals surface area contributed by atoms with Crippen molar-refractivity contribution in [2.24, 2.45) is 11.8 Å². The molecule has 4 N–H and O–H groups in total. The monoisotopic (exact) mass is 653 g/mol. The Hall–Kier alpha value is -3.18. The number of hydrogen-bond acceptors (Lipinski definition) is 8. The van der Waals surface area contributed by atoms with Gasteiger partial charge in [-0.25, -0.2) is 0 Å². The van der Waals surface area contributed by atoms with Crippen molar-refractivity contribution in [3.05, 3.63) is 59.7 Å². The third-order valence-corrected chi connectivity index (χ3v) is 9.96. The number of nitrogens with zero attached hydrogens (tertiary/aromatic N) is 1. The SMILES string of the molecule is COCCCC[C@@](O)(c1ccccc1)C1CCN(C(=O)C(=O)N[C@@H](CC2CCCCC2)[C@H](O)CNCc2cc(OC)cc(OC)c2)C1. The summed E-state index contributed by atoms with van der Waals surface area (Å²) < 4.78 is 15.9. The molecule has 1 aliphatic carbocycles. The number of aliphatic hydroxyl groups excluding tert-OH is 1. The highest BCUT2D eigenvalue weighted by atomic mass is 16.5. The van der Waals surface area contributed by atoms with Gasteiger partial charge in [-0.15, -0.1) is 0 Å². The highest BCUT2D eigenvalue weighted by molar-refractivity contribution is 6.35. The molecule has 1 saturated heterocycles. The van der Waals surface area contributed by atoms with Gasteiger partial charge >= 0.3 is 11.8 Å². The van der Waals surface area contributed by atoms with Gasteiger partial charge in [0.25, 0.3) is 0 Å². The van der Waals surface area contributed by atoms with Crippen molar-refractivity contribution in [3.8, 4) is 11.5 Å². The molecule has 0 spiro atoms. The van der Waals surface area contributed by atoms with E-state index in [2.05, 4.69) is 10.6 Å². The van der Waals surface area contributed by atoms with E-state index in [-0.39, 0.29) is 12.5 Å². The molecule has 10 nitrogen and oxygen atoms in total. The van der Waals surface area contributed by atoms with Gasteiger partial charge in [0.05, 0.1) is 32.0 Å². The van der Waals surface area contributed by atoms with Crippen molar-refractivity contribution in [2.45, 2.75) is 88.5 Å². The number of hydrogen-bond donors (Lipinski definition) is 4. The lowest BCUT2D eigenvalue weighted by Gasteiger charge is -2.35. The van der Waals surface area contributed by atoms with E-state index in [1.165, 1.54) is 6.42 Å². The molecule has 1 heterocycles. The molecule has 0 aromatic heterocycles. The summed E-state index contributed by atoms with van der Waals surface area (Å²) in [6, 6.07) is 14.7. The van der Waals surface area contributed by atoms with E-state index in [4.69, 9.17) is 14.2 Å².